The molecule has 0 N–H and O–H groups in total. The third kappa shape index (κ3) is 3.52. The van der Waals surface area contributed by atoms with E-state index < -0.39 is 0 Å². The summed E-state index contributed by atoms with van der Waals surface area (Å²) in [5.74, 6) is 2.22. The highest BCUT2D eigenvalue weighted by molar-refractivity contribution is 4.93. The Kier molecular flexibility index (Phi) is 4.16. The number of ether oxygens (including phenoxy) is 1. The standard InChI is InChI=1S/C5H7O/c1-3-5-6-4-2/h1,5H,4H2,2H3. The van der Waals surface area contributed by atoms with Crippen molar-refractivity contribution < 1.29 is 4.74 Å². The van der Waals surface area contributed by atoms with E-state index in [2.05, 4.69) is 10.7 Å². The Morgan fingerprint density at radius 2 is 2.67 bits per heavy atom. The van der Waals surface area contributed by atoms with Crippen LogP contribution >= 0.6 is 0 Å². The Bertz CT molecular complexity index is 51.4. The molecule has 0 aromatic rings. The second-order valence-corrected chi connectivity index (χ2v) is 0.740. The summed E-state index contributed by atoms with van der Waals surface area (Å²) in [4.78, 5) is 0. The van der Waals surface area contributed by atoms with Crippen LogP contribution in [0.4, 0.5) is 0 Å². The molecule has 0 unspecified atom stereocenters. The van der Waals surface area contributed by atoms with Gasteiger partial charge in [0.2, 0.25) is 0 Å². The summed E-state index contributed by atoms with van der Waals surface area (Å²) in [5.41, 5.74) is 0. The molecule has 6 heavy (non-hydrogen) atoms. The summed E-state index contributed by atoms with van der Waals surface area (Å²) in [6.07, 6.45) is 4.78. The van der Waals surface area contributed by atoms with Crippen molar-refractivity contribution in [2.24, 2.45) is 0 Å². The van der Waals surface area contributed by atoms with Gasteiger partial charge in [-0.25, -0.2) is 0 Å². The van der Waals surface area contributed by atoms with Gasteiger partial charge in [0.05, 0.1) is 0 Å². The van der Waals surface area contributed by atoms with Crippen LogP contribution in [0.25, 0.3) is 0 Å². The van der Waals surface area contributed by atoms with Gasteiger partial charge in [-0.2, -0.15) is 0 Å². The topological polar surface area (TPSA) is 9.23 Å². The van der Waals surface area contributed by atoms with Crippen molar-refractivity contribution in [1.82, 2.24) is 0 Å². The summed E-state index contributed by atoms with van der Waals surface area (Å²) in [7, 11) is 0. The first-order valence-corrected chi connectivity index (χ1v) is 1.81. The second kappa shape index (κ2) is 4.52. The maximum absolute atomic E-state index is 4.78. The first-order chi connectivity index (χ1) is 2.91. The highest BCUT2D eigenvalue weighted by atomic mass is 16.5. The van der Waals surface area contributed by atoms with Crippen LogP contribution in [-0.4, -0.2) is 6.61 Å². The smallest absolute Gasteiger partial charge is 0.155 e. The molecule has 33 valence electrons. The molecule has 0 spiro atoms. The van der Waals surface area contributed by atoms with Crippen LogP contribution in [0.15, 0.2) is 0 Å². The Morgan fingerprint density at radius 3 is 2.83 bits per heavy atom. The van der Waals surface area contributed by atoms with E-state index in [0.717, 1.165) is 0 Å². The average molecular weight is 83.1 g/mol. The fraction of sp³-hybridized carbons (Fsp3) is 0.400. The highest BCUT2D eigenvalue weighted by Crippen LogP contribution is 1.72. The molecule has 0 saturated heterocycles. The van der Waals surface area contributed by atoms with E-state index >= 15 is 0 Å². The fourth-order valence-electron chi connectivity index (χ4n) is 0.131. The zero-order chi connectivity index (χ0) is 4.83. The lowest BCUT2D eigenvalue weighted by Crippen LogP contribution is -1.79. The molecule has 0 rings (SSSR count). The number of hydrogen-bond donors (Lipinski definition) is 0. The highest BCUT2D eigenvalue weighted by Gasteiger charge is 1.69. The van der Waals surface area contributed by atoms with Gasteiger partial charge in [0.25, 0.3) is 0 Å². The molecular weight excluding hydrogens is 76.1 g/mol. The number of terminal acetylenes is 1. The zero-order valence-electron chi connectivity index (χ0n) is 3.77. The molecule has 0 aromatic carbocycles. The van der Waals surface area contributed by atoms with Gasteiger partial charge < -0.3 is 4.74 Å². The maximum atomic E-state index is 4.78. The minimum atomic E-state index is 0.657. The third-order valence-electron chi connectivity index (χ3n) is 0.318. The van der Waals surface area contributed by atoms with E-state index in [9.17, 15) is 0 Å². The molecule has 0 aromatic heterocycles. The lowest BCUT2D eigenvalue weighted by atomic mass is 10.7. The van der Waals surface area contributed by atoms with Crippen LogP contribution in [-0.2, 0) is 4.74 Å². The van der Waals surface area contributed by atoms with Crippen molar-refractivity contribution in [3.63, 3.8) is 0 Å². The fourth-order valence-corrected chi connectivity index (χ4v) is 0.131. The Hall–Kier alpha value is -0.480. The molecule has 1 radical (unpaired) electrons. The molecule has 0 fully saturated rings. The molecular formula is C5H7O. The number of hydrogen-bond acceptors (Lipinski definition) is 1. The van der Waals surface area contributed by atoms with Gasteiger partial charge in [-0.1, -0.05) is 5.92 Å². The van der Waals surface area contributed by atoms with Gasteiger partial charge in [0, 0.05) is 6.61 Å². The molecule has 1 heteroatoms. The second-order valence-electron chi connectivity index (χ2n) is 0.740. The largest absolute Gasteiger partial charge is 0.362 e. The van der Waals surface area contributed by atoms with Crippen molar-refractivity contribution in [3.05, 3.63) is 6.61 Å². The average Bonchev–Trinajstić information content (AvgIpc) is 1.61. The van der Waals surface area contributed by atoms with Crippen molar-refractivity contribution in [2.45, 2.75) is 6.92 Å². The van der Waals surface area contributed by atoms with Crippen molar-refractivity contribution in [3.8, 4) is 12.3 Å². The van der Waals surface area contributed by atoms with Gasteiger partial charge in [-0.3, -0.25) is 0 Å². The quantitative estimate of drug-likeness (QED) is 0.354. The van der Waals surface area contributed by atoms with E-state index in [0.29, 0.717) is 6.61 Å². The minimum absolute atomic E-state index is 0.657. The zero-order valence-corrected chi connectivity index (χ0v) is 3.77. The van der Waals surface area contributed by atoms with E-state index in [1.807, 2.05) is 6.92 Å². The van der Waals surface area contributed by atoms with Crippen LogP contribution in [0.1, 0.15) is 6.92 Å². The van der Waals surface area contributed by atoms with Gasteiger partial charge in [-0.05, 0) is 6.92 Å². The van der Waals surface area contributed by atoms with Crippen LogP contribution < -0.4 is 0 Å². The predicted octanol–water partition coefficient (Wildman–Crippen LogP) is 0.818. The Morgan fingerprint density at radius 1 is 2.00 bits per heavy atom. The van der Waals surface area contributed by atoms with Gasteiger partial charge in [0.15, 0.2) is 6.61 Å². The predicted molar refractivity (Wildman–Crippen MR) is 24.8 cm³/mol. The molecule has 0 aliphatic rings. The summed E-state index contributed by atoms with van der Waals surface area (Å²) in [5, 5.41) is 0. The normalized spacial score (nSPS) is 7.33. The molecule has 1 nitrogen and oxygen atoms in total. The Balaban J connectivity index is 2.54. The Labute approximate surface area is 38.3 Å². The van der Waals surface area contributed by atoms with Crippen LogP contribution in [0.5, 0.6) is 0 Å². The van der Waals surface area contributed by atoms with Gasteiger partial charge in [0.1, 0.15) is 0 Å². The molecule has 0 bridgehead atoms. The van der Waals surface area contributed by atoms with E-state index in [4.69, 9.17) is 6.42 Å². The monoisotopic (exact) mass is 83.0 g/mol. The third-order valence-corrected chi connectivity index (χ3v) is 0.318. The van der Waals surface area contributed by atoms with Crippen molar-refractivity contribution in [1.29, 1.82) is 0 Å². The molecule has 0 saturated carbocycles. The van der Waals surface area contributed by atoms with Crippen LogP contribution in [0.2, 0.25) is 0 Å². The van der Waals surface area contributed by atoms with E-state index in [-0.39, 0.29) is 0 Å². The maximum Gasteiger partial charge on any atom is 0.155 e. The molecule has 0 amide bonds. The molecule has 0 aliphatic carbocycles. The molecule has 0 heterocycles. The van der Waals surface area contributed by atoms with Crippen LogP contribution in [0.3, 0.4) is 0 Å². The van der Waals surface area contributed by atoms with Crippen molar-refractivity contribution >= 4 is 0 Å². The summed E-state index contributed by atoms with van der Waals surface area (Å²) < 4.78 is 4.62. The van der Waals surface area contributed by atoms with Crippen molar-refractivity contribution in [2.75, 3.05) is 6.61 Å². The first kappa shape index (κ1) is 5.52. The molecule has 0 atom stereocenters. The van der Waals surface area contributed by atoms with E-state index in [1.54, 1.807) is 0 Å². The lowest BCUT2D eigenvalue weighted by Gasteiger charge is -1.84. The lowest BCUT2D eigenvalue weighted by molar-refractivity contribution is 0.237. The van der Waals surface area contributed by atoms with Gasteiger partial charge in [-0.15, -0.1) is 6.42 Å². The minimum Gasteiger partial charge on any atom is -0.362 e. The van der Waals surface area contributed by atoms with Gasteiger partial charge >= 0.3 is 0 Å². The summed E-state index contributed by atoms with van der Waals surface area (Å²) >= 11 is 0. The first-order valence-electron chi connectivity index (χ1n) is 1.81. The summed E-state index contributed by atoms with van der Waals surface area (Å²) in [6, 6.07) is 0. The van der Waals surface area contributed by atoms with Crippen LogP contribution in [0, 0.1) is 19.0 Å². The molecule has 0 aliphatic heterocycles. The van der Waals surface area contributed by atoms with E-state index in [1.165, 1.54) is 6.61 Å². The SMILES string of the molecule is C#C[CH]OCC. The summed E-state index contributed by atoms with van der Waals surface area (Å²) in [6.45, 7) is 3.87. The number of rotatable bonds is 2.